The minimum absolute atomic E-state index is 0.00155. The van der Waals surface area contributed by atoms with Crippen LogP contribution in [-0.2, 0) is 4.74 Å². The minimum atomic E-state index is -0.308. The zero-order valence-corrected chi connectivity index (χ0v) is 13.2. The molecule has 2 rings (SSSR count). The lowest BCUT2D eigenvalue weighted by atomic mass is 10.1. The van der Waals surface area contributed by atoms with Crippen LogP contribution in [0.2, 0.25) is 0 Å². The third-order valence-electron chi connectivity index (χ3n) is 2.78. The highest BCUT2D eigenvalue weighted by Gasteiger charge is 2.35. The Morgan fingerprint density at radius 2 is 2.44 bits per heavy atom. The molecule has 1 aromatic heterocycles. The summed E-state index contributed by atoms with van der Waals surface area (Å²) in [6, 6.07) is 0. The number of aryl methyl sites for hydroxylation is 1. The molecule has 0 N–H and O–H groups in total. The number of rotatable bonds is 2. The monoisotopic (exact) mass is 332 g/mol. The van der Waals surface area contributed by atoms with Gasteiger partial charge in [0.1, 0.15) is 5.69 Å². The van der Waals surface area contributed by atoms with Crippen molar-refractivity contribution >= 4 is 33.2 Å². The van der Waals surface area contributed by atoms with E-state index in [1.54, 1.807) is 0 Å². The summed E-state index contributed by atoms with van der Waals surface area (Å²) in [5.74, 6) is 0.00155. The first-order chi connectivity index (χ1) is 8.41. The van der Waals surface area contributed by atoms with Gasteiger partial charge in [-0.25, -0.2) is 4.98 Å². The van der Waals surface area contributed by atoms with Crippen LogP contribution in [0.1, 0.15) is 29.3 Å². The van der Waals surface area contributed by atoms with Gasteiger partial charge in [0.2, 0.25) is 0 Å². The molecule has 100 valence electrons. The van der Waals surface area contributed by atoms with Crippen LogP contribution in [0, 0.1) is 6.92 Å². The number of aromatic nitrogens is 1. The summed E-state index contributed by atoms with van der Waals surface area (Å²) < 4.78 is 5.89. The molecule has 0 saturated carbocycles. The van der Waals surface area contributed by atoms with Gasteiger partial charge >= 0.3 is 0 Å². The smallest absolute Gasteiger partial charge is 0.273 e. The molecule has 6 heteroatoms. The standard InChI is InChI=1S/C12H17BrN2O2S/c1-8-14-10(6-18-8)11(16)15-5-9(4-13)17-12(2,3)7-15/h6,9H,4-5,7H2,1-3H3. The van der Waals surface area contributed by atoms with E-state index >= 15 is 0 Å². The molecule has 1 aromatic rings. The van der Waals surface area contributed by atoms with Crippen molar-refractivity contribution in [2.24, 2.45) is 0 Å². The SMILES string of the molecule is Cc1nc(C(=O)N2CC(CBr)OC(C)(C)C2)cs1. The third kappa shape index (κ3) is 3.10. The molecule has 1 amide bonds. The molecule has 1 aliphatic heterocycles. The topological polar surface area (TPSA) is 42.4 Å². The first kappa shape index (κ1) is 14.0. The summed E-state index contributed by atoms with van der Waals surface area (Å²) in [6.07, 6.45) is 0.0393. The van der Waals surface area contributed by atoms with Crippen LogP contribution in [0.3, 0.4) is 0 Å². The van der Waals surface area contributed by atoms with E-state index in [0.29, 0.717) is 18.8 Å². The molecule has 1 atom stereocenters. The Kier molecular flexibility index (Phi) is 4.08. The molecule has 0 spiro atoms. The number of carbonyl (C=O) groups excluding carboxylic acids is 1. The molecule has 1 saturated heterocycles. The van der Waals surface area contributed by atoms with Crippen molar-refractivity contribution in [3.8, 4) is 0 Å². The van der Waals surface area contributed by atoms with Gasteiger partial charge in [0.25, 0.3) is 5.91 Å². The van der Waals surface area contributed by atoms with Crippen LogP contribution in [0.4, 0.5) is 0 Å². The van der Waals surface area contributed by atoms with Crippen molar-refractivity contribution < 1.29 is 9.53 Å². The molecule has 18 heavy (non-hydrogen) atoms. The van der Waals surface area contributed by atoms with E-state index in [1.807, 2.05) is 31.1 Å². The largest absolute Gasteiger partial charge is 0.368 e. The number of alkyl halides is 1. The zero-order valence-electron chi connectivity index (χ0n) is 10.8. The average Bonchev–Trinajstić information content (AvgIpc) is 2.72. The average molecular weight is 333 g/mol. The number of carbonyl (C=O) groups is 1. The number of nitrogens with zero attached hydrogens (tertiary/aromatic N) is 2. The molecular weight excluding hydrogens is 316 g/mol. The van der Waals surface area contributed by atoms with Crippen LogP contribution in [0.5, 0.6) is 0 Å². The van der Waals surface area contributed by atoms with Crippen LogP contribution in [0.15, 0.2) is 5.38 Å². The van der Waals surface area contributed by atoms with Gasteiger partial charge in [0.05, 0.1) is 16.7 Å². The number of ether oxygens (including phenoxy) is 1. The van der Waals surface area contributed by atoms with Gasteiger partial charge in [-0.05, 0) is 20.8 Å². The van der Waals surface area contributed by atoms with Crippen LogP contribution in [-0.4, -0.2) is 45.9 Å². The number of hydrogen-bond acceptors (Lipinski definition) is 4. The second-order valence-electron chi connectivity index (χ2n) is 5.09. The molecule has 2 heterocycles. The predicted molar refractivity (Wildman–Crippen MR) is 75.5 cm³/mol. The third-order valence-corrected chi connectivity index (χ3v) is 4.27. The maximum Gasteiger partial charge on any atom is 0.273 e. The Hall–Kier alpha value is -0.460. The zero-order chi connectivity index (χ0) is 13.3. The summed E-state index contributed by atoms with van der Waals surface area (Å²) in [4.78, 5) is 18.5. The van der Waals surface area contributed by atoms with Crippen molar-refractivity contribution in [3.63, 3.8) is 0 Å². The van der Waals surface area contributed by atoms with E-state index in [4.69, 9.17) is 4.74 Å². The Bertz CT molecular complexity index is 447. The van der Waals surface area contributed by atoms with E-state index in [-0.39, 0.29) is 17.6 Å². The molecule has 1 aliphatic rings. The quantitative estimate of drug-likeness (QED) is 0.781. The Morgan fingerprint density at radius 3 is 3.00 bits per heavy atom. The number of halogens is 1. The maximum atomic E-state index is 12.4. The van der Waals surface area contributed by atoms with E-state index in [1.165, 1.54) is 11.3 Å². The second kappa shape index (κ2) is 5.27. The highest BCUT2D eigenvalue weighted by Crippen LogP contribution is 2.23. The van der Waals surface area contributed by atoms with E-state index in [2.05, 4.69) is 20.9 Å². The van der Waals surface area contributed by atoms with Crippen LogP contribution in [0.25, 0.3) is 0 Å². The lowest BCUT2D eigenvalue weighted by Gasteiger charge is -2.42. The Balaban J connectivity index is 2.14. The minimum Gasteiger partial charge on any atom is -0.368 e. The highest BCUT2D eigenvalue weighted by molar-refractivity contribution is 9.09. The molecule has 1 fully saturated rings. The fourth-order valence-corrected chi connectivity index (χ4v) is 3.08. The van der Waals surface area contributed by atoms with Gasteiger partial charge in [-0.2, -0.15) is 0 Å². The second-order valence-corrected chi connectivity index (χ2v) is 6.80. The highest BCUT2D eigenvalue weighted by atomic mass is 79.9. The number of morpholine rings is 1. The van der Waals surface area contributed by atoms with Gasteiger partial charge in [-0.3, -0.25) is 4.79 Å². The number of hydrogen-bond donors (Lipinski definition) is 0. The van der Waals surface area contributed by atoms with Gasteiger partial charge in [0.15, 0.2) is 0 Å². The fourth-order valence-electron chi connectivity index (χ4n) is 2.15. The van der Waals surface area contributed by atoms with E-state index in [9.17, 15) is 4.79 Å². The maximum absolute atomic E-state index is 12.4. The van der Waals surface area contributed by atoms with Gasteiger partial charge in [-0.1, -0.05) is 15.9 Å². The van der Waals surface area contributed by atoms with E-state index in [0.717, 1.165) is 10.3 Å². The summed E-state index contributed by atoms with van der Waals surface area (Å²) >= 11 is 4.93. The summed E-state index contributed by atoms with van der Waals surface area (Å²) in [5, 5.41) is 3.47. The number of thiazole rings is 1. The van der Waals surface area contributed by atoms with Gasteiger partial charge in [-0.15, -0.1) is 11.3 Å². The normalized spacial score (nSPS) is 23.1. The molecule has 0 aromatic carbocycles. The lowest BCUT2D eigenvalue weighted by Crippen LogP contribution is -2.55. The van der Waals surface area contributed by atoms with Crippen molar-refractivity contribution in [2.45, 2.75) is 32.5 Å². The fraction of sp³-hybridized carbons (Fsp3) is 0.667. The summed E-state index contributed by atoms with van der Waals surface area (Å²) in [7, 11) is 0. The van der Waals surface area contributed by atoms with Crippen LogP contribution >= 0.6 is 27.3 Å². The molecule has 0 aliphatic carbocycles. The molecule has 0 bridgehead atoms. The molecular formula is C12H17BrN2O2S. The Labute approximate surface area is 119 Å². The Morgan fingerprint density at radius 1 is 1.72 bits per heavy atom. The van der Waals surface area contributed by atoms with Crippen molar-refractivity contribution in [1.82, 2.24) is 9.88 Å². The molecule has 1 unspecified atom stereocenters. The predicted octanol–water partition coefficient (Wildman–Crippen LogP) is 2.47. The lowest BCUT2D eigenvalue weighted by molar-refractivity contribution is -0.116. The van der Waals surface area contributed by atoms with Gasteiger partial charge < -0.3 is 9.64 Å². The first-order valence-electron chi connectivity index (χ1n) is 5.86. The van der Waals surface area contributed by atoms with E-state index < -0.39 is 0 Å². The van der Waals surface area contributed by atoms with Crippen LogP contribution < -0.4 is 0 Å². The number of amides is 1. The summed E-state index contributed by atoms with van der Waals surface area (Å²) in [5.41, 5.74) is 0.237. The van der Waals surface area contributed by atoms with Crippen molar-refractivity contribution in [3.05, 3.63) is 16.1 Å². The molecule has 4 nitrogen and oxygen atoms in total. The van der Waals surface area contributed by atoms with Gasteiger partial charge in [0, 0.05) is 23.8 Å². The summed E-state index contributed by atoms with van der Waals surface area (Å²) in [6.45, 7) is 7.14. The van der Waals surface area contributed by atoms with Crippen molar-refractivity contribution in [1.29, 1.82) is 0 Å². The van der Waals surface area contributed by atoms with Crippen molar-refractivity contribution in [2.75, 3.05) is 18.4 Å². The first-order valence-corrected chi connectivity index (χ1v) is 7.86. The molecule has 0 radical (unpaired) electrons.